The fourth-order valence-electron chi connectivity index (χ4n) is 3.31. The third-order valence-corrected chi connectivity index (χ3v) is 5.31. The summed E-state index contributed by atoms with van der Waals surface area (Å²) in [5.41, 5.74) is 0. The van der Waals surface area contributed by atoms with Crippen LogP contribution in [0.5, 0.6) is 0 Å². The van der Waals surface area contributed by atoms with Gasteiger partial charge in [-0.3, -0.25) is 4.79 Å². The van der Waals surface area contributed by atoms with Crippen molar-refractivity contribution < 1.29 is 31.0 Å². The Labute approximate surface area is 181 Å². The summed E-state index contributed by atoms with van der Waals surface area (Å²) in [6.45, 7) is 7.19. The number of nitrogens with zero attached hydrogens (tertiary/aromatic N) is 1. The molecule has 0 aliphatic carbocycles. The van der Waals surface area contributed by atoms with E-state index in [9.17, 15) is 4.79 Å². The monoisotopic (exact) mass is 449 g/mol. The first kappa shape index (κ1) is 29.1. The Morgan fingerprint density at radius 1 is 0.667 bits per heavy atom. The fourth-order valence-corrected chi connectivity index (χ4v) is 3.31. The number of halogens is 1. The van der Waals surface area contributed by atoms with Gasteiger partial charge in [0.15, 0.2) is 0 Å². The van der Waals surface area contributed by atoms with Gasteiger partial charge in [0, 0.05) is 6.42 Å². The number of quaternary nitrogens is 1. The summed E-state index contributed by atoms with van der Waals surface area (Å²) in [7, 11) is 4.49. The Kier molecular flexibility index (Phi) is 22.3. The van der Waals surface area contributed by atoms with Crippen LogP contribution in [-0.4, -0.2) is 44.2 Å². The highest BCUT2D eigenvalue weighted by atomic mass is 79.9. The molecule has 0 saturated heterocycles. The molecule has 0 unspecified atom stereocenters. The molecule has 4 heteroatoms. The number of likely N-dealkylation sites (N-methyl/N-ethyl adjacent to an activating group) is 1. The number of carbonyl (C=O) groups is 1. The lowest BCUT2D eigenvalue weighted by Gasteiger charge is -2.29. The highest BCUT2D eigenvalue weighted by Crippen LogP contribution is 2.11. The van der Waals surface area contributed by atoms with Crippen molar-refractivity contribution in [3.63, 3.8) is 0 Å². The van der Waals surface area contributed by atoms with Gasteiger partial charge in [-0.15, -0.1) is 0 Å². The Hall–Kier alpha value is -0.0900. The summed E-state index contributed by atoms with van der Waals surface area (Å²) in [6.07, 6.45) is 18.8. The van der Waals surface area contributed by atoms with Crippen LogP contribution in [0.1, 0.15) is 110 Å². The number of esters is 1. The van der Waals surface area contributed by atoms with E-state index in [4.69, 9.17) is 4.74 Å². The average molecular weight is 451 g/mol. The second kappa shape index (κ2) is 20.6. The topological polar surface area (TPSA) is 26.3 Å². The van der Waals surface area contributed by atoms with Crippen molar-refractivity contribution in [1.82, 2.24) is 0 Å². The first-order valence-corrected chi connectivity index (χ1v) is 11.5. The van der Waals surface area contributed by atoms with E-state index < -0.39 is 0 Å². The molecule has 164 valence electrons. The molecule has 0 aliphatic rings. The van der Waals surface area contributed by atoms with Gasteiger partial charge in [0.05, 0.1) is 20.6 Å². The SMILES string of the molecule is CCCCCCCCCCCC(=O)OCC[N+](C)(C)CCCCCCC.[Br-]. The van der Waals surface area contributed by atoms with Crippen LogP contribution in [-0.2, 0) is 9.53 Å². The predicted molar refractivity (Wildman–Crippen MR) is 113 cm³/mol. The predicted octanol–water partition coefficient (Wildman–Crippen LogP) is 3.50. The molecule has 0 fully saturated rings. The van der Waals surface area contributed by atoms with E-state index in [2.05, 4.69) is 27.9 Å². The van der Waals surface area contributed by atoms with Gasteiger partial charge in [0.1, 0.15) is 13.2 Å². The van der Waals surface area contributed by atoms with Crippen LogP contribution in [0.15, 0.2) is 0 Å². The molecule has 0 aromatic rings. The Morgan fingerprint density at radius 2 is 1.11 bits per heavy atom. The lowest BCUT2D eigenvalue weighted by atomic mass is 10.1. The number of ether oxygens (including phenoxy) is 1. The third-order valence-electron chi connectivity index (χ3n) is 5.31. The highest BCUT2D eigenvalue weighted by molar-refractivity contribution is 5.69. The molecular formula is C23H48BrNO2. The van der Waals surface area contributed by atoms with E-state index in [1.807, 2.05) is 0 Å². The van der Waals surface area contributed by atoms with Gasteiger partial charge < -0.3 is 26.2 Å². The summed E-state index contributed by atoms with van der Waals surface area (Å²) in [5.74, 6) is -0.00380. The van der Waals surface area contributed by atoms with Crippen LogP contribution in [0.25, 0.3) is 0 Å². The number of hydrogen-bond acceptors (Lipinski definition) is 2. The van der Waals surface area contributed by atoms with E-state index in [1.165, 1.54) is 90.0 Å². The minimum absolute atomic E-state index is 0. The van der Waals surface area contributed by atoms with Crippen LogP contribution < -0.4 is 17.0 Å². The summed E-state index contributed by atoms with van der Waals surface area (Å²) in [4.78, 5) is 11.8. The molecule has 0 heterocycles. The Morgan fingerprint density at radius 3 is 1.63 bits per heavy atom. The van der Waals surface area contributed by atoms with Crippen molar-refractivity contribution in [1.29, 1.82) is 0 Å². The molecule has 0 saturated carbocycles. The quantitative estimate of drug-likeness (QED) is 0.171. The zero-order chi connectivity index (χ0) is 19.5. The maximum atomic E-state index is 11.8. The van der Waals surface area contributed by atoms with E-state index in [-0.39, 0.29) is 23.0 Å². The first-order valence-electron chi connectivity index (χ1n) is 11.5. The number of hydrogen-bond donors (Lipinski definition) is 0. The van der Waals surface area contributed by atoms with Gasteiger partial charge >= 0.3 is 5.97 Å². The van der Waals surface area contributed by atoms with E-state index in [0.29, 0.717) is 13.0 Å². The molecule has 3 nitrogen and oxygen atoms in total. The molecule has 0 spiro atoms. The number of unbranched alkanes of at least 4 members (excludes halogenated alkanes) is 12. The molecular weight excluding hydrogens is 402 g/mol. The highest BCUT2D eigenvalue weighted by Gasteiger charge is 2.15. The van der Waals surface area contributed by atoms with Crippen LogP contribution in [0.4, 0.5) is 0 Å². The molecule has 0 atom stereocenters. The maximum absolute atomic E-state index is 11.8. The first-order chi connectivity index (χ1) is 12.5. The third kappa shape index (κ3) is 22.1. The Balaban J connectivity index is 0. The smallest absolute Gasteiger partial charge is 0.305 e. The normalized spacial score (nSPS) is 11.3. The van der Waals surface area contributed by atoms with Crippen molar-refractivity contribution >= 4 is 5.97 Å². The molecule has 0 amide bonds. The van der Waals surface area contributed by atoms with Gasteiger partial charge in [-0.25, -0.2) is 0 Å². The summed E-state index contributed by atoms with van der Waals surface area (Å²) >= 11 is 0. The van der Waals surface area contributed by atoms with Gasteiger partial charge in [0.2, 0.25) is 0 Å². The van der Waals surface area contributed by atoms with Crippen LogP contribution in [0, 0.1) is 0 Å². The minimum atomic E-state index is -0.00380. The molecule has 0 aromatic carbocycles. The van der Waals surface area contributed by atoms with Gasteiger partial charge in [-0.05, 0) is 19.3 Å². The largest absolute Gasteiger partial charge is 1.00 e. The second-order valence-electron chi connectivity index (χ2n) is 8.60. The van der Waals surface area contributed by atoms with Gasteiger partial charge in [0.25, 0.3) is 0 Å². The number of carbonyl (C=O) groups excluding carboxylic acids is 1. The van der Waals surface area contributed by atoms with E-state index in [0.717, 1.165) is 17.4 Å². The van der Waals surface area contributed by atoms with Crippen molar-refractivity contribution in [2.45, 2.75) is 110 Å². The molecule has 0 aliphatic heterocycles. The van der Waals surface area contributed by atoms with Crippen molar-refractivity contribution in [2.75, 3.05) is 33.8 Å². The van der Waals surface area contributed by atoms with E-state index in [1.54, 1.807) is 0 Å². The van der Waals surface area contributed by atoms with Crippen molar-refractivity contribution in [3.05, 3.63) is 0 Å². The van der Waals surface area contributed by atoms with Crippen molar-refractivity contribution in [3.8, 4) is 0 Å². The Bertz CT molecular complexity index is 322. The van der Waals surface area contributed by atoms with Gasteiger partial charge in [-0.1, -0.05) is 84.5 Å². The molecule has 0 rings (SSSR count). The van der Waals surface area contributed by atoms with Crippen LogP contribution >= 0.6 is 0 Å². The van der Waals surface area contributed by atoms with E-state index >= 15 is 0 Å². The minimum Gasteiger partial charge on any atom is -1.00 e. The van der Waals surface area contributed by atoms with Gasteiger partial charge in [-0.2, -0.15) is 0 Å². The lowest BCUT2D eigenvalue weighted by molar-refractivity contribution is -0.890. The fraction of sp³-hybridized carbons (Fsp3) is 0.957. The lowest BCUT2D eigenvalue weighted by Crippen LogP contribution is -3.00. The molecule has 27 heavy (non-hydrogen) atoms. The van der Waals surface area contributed by atoms with Crippen LogP contribution in [0.2, 0.25) is 0 Å². The average Bonchev–Trinajstić information content (AvgIpc) is 2.60. The molecule has 0 radical (unpaired) electrons. The molecule has 0 N–H and O–H groups in total. The zero-order valence-corrected chi connectivity index (χ0v) is 20.5. The zero-order valence-electron chi connectivity index (χ0n) is 18.9. The van der Waals surface area contributed by atoms with Crippen molar-refractivity contribution in [2.24, 2.45) is 0 Å². The summed E-state index contributed by atoms with van der Waals surface area (Å²) in [5, 5.41) is 0. The molecule has 0 aromatic heterocycles. The van der Waals surface area contributed by atoms with Crippen LogP contribution in [0.3, 0.4) is 0 Å². The maximum Gasteiger partial charge on any atom is 0.305 e. The second-order valence-corrected chi connectivity index (χ2v) is 8.60. The standard InChI is InChI=1S/C23H48NO2.BrH/c1-5-7-9-11-12-13-14-15-17-19-23(25)26-22-21-24(3,4)20-18-16-10-8-6-2;/h5-22H2,1-4H3;1H/q+1;/p-1. The number of rotatable bonds is 19. The summed E-state index contributed by atoms with van der Waals surface area (Å²) in [6, 6.07) is 0. The summed E-state index contributed by atoms with van der Waals surface area (Å²) < 4.78 is 6.40. The molecule has 0 bridgehead atoms.